The topological polar surface area (TPSA) is 26.3 Å². The van der Waals surface area contributed by atoms with Crippen LogP contribution in [0.2, 0.25) is 0 Å². The van der Waals surface area contributed by atoms with Gasteiger partial charge in [0, 0.05) is 27.1 Å². The Hall–Kier alpha value is -7.42. The van der Waals surface area contributed by atoms with Crippen molar-refractivity contribution in [3.8, 4) is 55.6 Å². The molecule has 284 valence electrons. The van der Waals surface area contributed by atoms with Gasteiger partial charge in [0.05, 0.1) is 0 Å². The number of para-hydroxylation sites is 1. The first-order valence-corrected chi connectivity index (χ1v) is 20.8. The smallest absolute Gasteiger partial charge is 0.136 e. The number of benzene rings is 9. The van der Waals surface area contributed by atoms with Gasteiger partial charge < -0.3 is 8.83 Å². The van der Waals surface area contributed by atoms with Crippen LogP contribution in [0.25, 0.3) is 116 Å². The molecule has 0 atom stereocenters. The van der Waals surface area contributed by atoms with E-state index in [0.717, 1.165) is 55.4 Å². The maximum atomic E-state index is 6.59. The molecule has 2 nitrogen and oxygen atoms in total. The second-order valence-corrected chi connectivity index (χ2v) is 16.8. The Morgan fingerprint density at radius 1 is 0.417 bits per heavy atom. The highest BCUT2D eigenvalue weighted by Gasteiger charge is 2.36. The molecule has 0 spiro atoms. The van der Waals surface area contributed by atoms with Crippen LogP contribution in [0.1, 0.15) is 36.3 Å². The number of furan rings is 2. The molecular formula is C58H40O2. The summed E-state index contributed by atoms with van der Waals surface area (Å²) in [5.74, 6) is 0.772. The summed E-state index contributed by atoms with van der Waals surface area (Å²) in [6, 6.07) is 61.9. The maximum Gasteiger partial charge on any atom is 0.136 e. The Morgan fingerprint density at radius 2 is 0.950 bits per heavy atom. The van der Waals surface area contributed by atoms with Crippen LogP contribution in [0.3, 0.4) is 0 Å². The fourth-order valence-corrected chi connectivity index (χ4v) is 10.4. The Labute approximate surface area is 348 Å². The molecule has 0 saturated heterocycles. The van der Waals surface area contributed by atoms with Crippen molar-refractivity contribution >= 4 is 60.5 Å². The predicted octanol–water partition coefficient (Wildman–Crippen LogP) is 16.6. The number of hydrogen-bond donors (Lipinski definition) is 0. The molecule has 0 unspecified atom stereocenters. The fourth-order valence-electron chi connectivity index (χ4n) is 10.4. The summed E-state index contributed by atoms with van der Waals surface area (Å²) < 4.78 is 12.8. The average Bonchev–Trinajstić information content (AvgIpc) is 3.93. The summed E-state index contributed by atoms with van der Waals surface area (Å²) >= 11 is 0. The third kappa shape index (κ3) is 4.88. The third-order valence-electron chi connectivity index (χ3n) is 13.3. The number of rotatable bonds is 5. The van der Waals surface area contributed by atoms with E-state index in [0.29, 0.717) is 0 Å². The monoisotopic (exact) mass is 768 g/mol. The normalized spacial score (nSPS) is 13.1. The zero-order valence-corrected chi connectivity index (χ0v) is 33.8. The molecule has 0 radical (unpaired) electrons. The zero-order valence-electron chi connectivity index (χ0n) is 33.8. The molecule has 0 saturated carbocycles. The van der Waals surface area contributed by atoms with Crippen LogP contribution in [-0.4, -0.2) is 0 Å². The average molecular weight is 769 g/mol. The van der Waals surface area contributed by atoms with Gasteiger partial charge in [-0.1, -0.05) is 154 Å². The first kappa shape index (κ1) is 34.6. The molecule has 0 bridgehead atoms. The molecule has 12 rings (SSSR count). The van der Waals surface area contributed by atoms with Gasteiger partial charge in [0.1, 0.15) is 22.5 Å². The summed E-state index contributed by atoms with van der Waals surface area (Å²) in [5, 5.41) is 8.42. The zero-order chi connectivity index (χ0) is 40.3. The second kappa shape index (κ2) is 12.8. The predicted molar refractivity (Wildman–Crippen MR) is 253 cm³/mol. The largest absolute Gasteiger partial charge is 0.456 e. The molecule has 60 heavy (non-hydrogen) atoms. The minimum atomic E-state index is -0.211. The number of hydrogen-bond acceptors (Lipinski definition) is 2. The molecule has 2 heteroatoms. The van der Waals surface area contributed by atoms with Crippen LogP contribution in [0.5, 0.6) is 0 Å². The Bertz CT molecular complexity index is 3540. The van der Waals surface area contributed by atoms with Gasteiger partial charge in [-0.2, -0.15) is 0 Å². The number of fused-ring (bicyclic) bond motifs is 9. The van der Waals surface area contributed by atoms with Gasteiger partial charge in [-0.05, 0) is 138 Å². The highest BCUT2D eigenvalue weighted by Crippen LogP contribution is 2.52. The molecule has 2 heterocycles. The van der Waals surface area contributed by atoms with Gasteiger partial charge in [-0.25, -0.2) is 0 Å². The van der Waals surface area contributed by atoms with Gasteiger partial charge in [0.15, 0.2) is 0 Å². The van der Waals surface area contributed by atoms with Crippen molar-refractivity contribution in [2.75, 3.05) is 0 Å². The quantitative estimate of drug-likeness (QED) is 0.163. The lowest BCUT2D eigenvalue weighted by Crippen LogP contribution is -2.15. The molecule has 9 aromatic carbocycles. The van der Waals surface area contributed by atoms with E-state index >= 15 is 0 Å². The van der Waals surface area contributed by atoms with E-state index in [1.807, 2.05) is 18.2 Å². The van der Waals surface area contributed by atoms with E-state index < -0.39 is 0 Å². The first-order valence-electron chi connectivity index (χ1n) is 20.8. The van der Waals surface area contributed by atoms with Crippen molar-refractivity contribution in [2.24, 2.45) is 0 Å². The SMILES string of the molecule is C=Cc1oc2cc(-c3ccc4c(c3)C(C)(C)c3cc(-c5c6ccccc6c(-c6ccccc6)c6ccccc56)ccc3-4)ccc2c1-c1ccc2oc3ccccc3c2c1C. The molecule has 0 fully saturated rings. The molecule has 0 amide bonds. The molecule has 1 aliphatic carbocycles. The van der Waals surface area contributed by atoms with Gasteiger partial charge in [-0.3, -0.25) is 0 Å². The van der Waals surface area contributed by atoms with E-state index in [9.17, 15) is 0 Å². The molecular weight excluding hydrogens is 729 g/mol. The third-order valence-corrected chi connectivity index (χ3v) is 13.3. The molecule has 2 aromatic heterocycles. The summed E-state index contributed by atoms with van der Waals surface area (Å²) in [6.45, 7) is 11.1. The van der Waals surface area contributed by atoms with Gasteiger partial charge in [0.2, 0.25) is 0 Å². The summed E-state index contributed by atoms with van der Waals surface area (Å²) in [6.07, 6.45) is 1.83. The molecule has 1 aliphatic rings. The number of aryl methyl sites for hydroxylation is 1. The molecule has 11 aromatic rings. The van der Waals surface area contributed by atoms with Crippen LogP contribution in [0.15, 0.2) is 185 Å². The van der Waals surface area contributed by atoms with Crippen molar-refractivity contribution in [1.29, 1.82) is 0 Å². The van der Waals surface area contributed by atoms with E-state index in [1.165, 1.54) is 77.2 Å². The van der Waals surface area contributed by atoms with E-state index in [2.05, 4.69) is 185 Å². The van der Waals surface area contributed by atoms with Crippen molar-refractivity contribution in [1.82, 2.24) is 0 Å². The second-order valence-electron chi connectivity index (χ2n) is 16.8. The Morgan fingerprint density at radius 3 is 1.62 bits per heavy atom. The van der Waals surface area contributed by atoms with Crippen LogP contribution in [-0.2, 0) is 5.41 Å². The maximum absolute atomic E-state index is 6.59. The van der Waals surface area contributed by atoms with Crippen molar-refractivity contribution in [2.45, 2.75) is 26.2 Å². The van der Waals surface area contributed by atoms with Gasteiger partial charge in [0.25, 0.3) is 0 Å². The van der Waals surface area contributed by atoms with Crippen LogP contribution < -0.4 is 0 Å². The fraction of sp³-hybridized carbons (Fsp3) is 0.0690. The molecule has 0 aliphatic heterocycles. The first-order chi connectivity index (χ1) is 29.4. The standard InChI is InChI=1S/C58H40O2/c1-5-50-57(39-29-30-52-54(34(39)2)46-21-13-14-22-51(46)60-52)47-28-24-37(33-53(47)59-50)36-23-26-40-41-27-25-38(32-49(41)58(3,4)48(40)31-36)56-44-19-11-9-17-42(44)55(35-15-7-6-8-16-35)43-18-10-12-20-45(43)56/h5-33H,1H2,2-4H3. The minimum absolute atomic E-state index is 0.211. The van der Waals surface area contributed by atoms with Gasteiger partial charge in [-0.15, -0.1) is 0 Å². The summed E-state index contributed by atoms with van der Waals surface area (Å²) in [7, 11) is 0. The summed E-state index contributed by atoms with van der Waals surface area (Å²) in [4.78, 5) is 0. The summed E-state index contributed by atoms with van der Waals surface area (Å²) in [5.41, 5.74) is 18.4. The lowest BCUT2D eigenvalue weighted by Gasteiger charge is -2.23. The van der Waals surface area contributed by atoms with Crippen molar-refractivity contribution in [3.63, 3.8) is 0 Å². The molecule has 0 N–H and O–H groups in total. The Kier molecular flexibility index (Phi) is 7.38. The van der Waals surface area contributed by atoms with Crippen LogP contribution >= 0.6 is 0 Å². The van der Waals surface area contributed by atoms with Crippen molar-refractivity contribution < 1.29 is 8.83 Å². The highest BCUT2D eigenvalue weighted by molar-refractivity contribution is 6.21. The van der Waals surface area contributed by atoms with Crippen LogP contribution in [0.4, 0.5) is 0 Å². The van der Waals surface area contributed by atoms with Gasteiger partial charge >= 0.3 is 0 Å². The van der Waals surface area contributed by atoms with E-state index in [-0.39, 0.29) is 5.41 Å². The van der Waals surface area contributed by atoms with Crippen molar-refractivity contribution in [3.05, 3.63) is 199 Å². The van der Waals surface area contributed by atoms with E-state index in [4.69, 9.17) is 8.83 Å². The lowest BCUT2D eigenvalue weighted by molar-refractivity contribution is 0.605. The highest BCUT2D eigenvalue weighted by atomic mass is 16.3. The minimum Gasteiger partial charge on any atom is -0.456 e. The Balaban J connectivity index is 0.955. The lowest BCUT2D eigenvalue weighted by atomic mass is 9.80. The van der Waals surface area contributed by atoms with E-state index in [1.54, 1.807) is 0 Å². The van der Waals surface area contributed by atoms with Crippen LogP contribution in [0, 0.1) is 6.92 Å².